The van der Waals surface area contributed by atoms with Gasteiger partial charge < -0.3 is 19.1 Å². The van der Waals surface area contributed by atoms with Crippen molar-refractivity contribution in [2.45, 2.75) is 145 Å². The summed E-state index contributed by atoms with van der Waals surface area (Å²) in [6.45, 7) is 20.7. The molecule has 4 saturated carbocycles. The van der Waals surface area contributed by atoms with Gasteiger partial charge >= 0.3 is 13.6 Å². The number of benzene rings is 2. The molecule has 7 nitrogen and oxygen atoms in total. The second-order valence-electron chi connectivity index (χ2n) is 19.9. The molecule has 306 valence electrons. The maximum Gasteiger partial charge on any atom is 0.452 e. The van der Waals surface area contributed by atoms with E-state index < -0.39 is 18.8 Å². The number of hydrogen-bond donors (Lipinski definition) is 1. The molecule has 0 heterocycles. The summed E-state index contributed by atoms with van der Waals surface area (Å²) in [7, 11) is -3.96. The Bertz CT molecular complexity index is 1800. The third kappa shape index (κ3) is 6.58. The topological polar surface area (TPSA) is 90.9 Å². The van der Waals surface area contributed by atoms with Crippen molar-refractivity contribution in [3.8, 4) is 11.5 Å². The van der Waals surface area contributed by atoms with Gasteiger partial charge in [-0.2, -0.15) is 0 Å². The molecule has 0 aliphatic heterocycles. The van der Waals surface area contributed by atoms with Gasteiger partial charge in [0.25, 0.3) is 0 Å². The van der Waals surface area contributed by atoms with Crippen LogP contribution in [0.5, 0.6) is 11.5 Å². The highest BCUT2D eigenvalue weighted by Gasteiger charge is 2.70. The van der Waals surface area contributed by atoms with E-state index in [9.17, 15) is 4.79 Å². The van der Waals surface area contributed by atoms with Crippen LogP contribution < -0.4 is 14.4 Å². The number of amides is 1. The van der Waals surface area contributed by atoms with Gasteiger partial charge in [0.1, 0.15) is 17.6 Å². The quantitative estimate of drug-likeness (QED) is 0.147. The van der Waals surface area contributed by atoms with E-state index in [0.717, 1.165) is 57.8 Å². The van der Waals surface area contributed by atoms with Crippen LogP contribution in [0.1, 0.15) is 133 Å². The molecule has 5 aliphatic rings. The van der Waals surface area contributed by atoms with Crippen molar-refractivity contribution in [1.82, 2.24) is 5.32 Å². The van der Waals surface area contributed by atoms with E-state index in [4.69, 9.17) is 13.8 Å². The van der Waals surface area contributed by atoms with Gasteiger partial charge in [0, 0.05) is 12.3 Å². The Morgan fingerprint density at radius 1 is 0.821 bits per heavy atom. The summed E-state index contributed by atoms with van der Waals surface area (Å²) in [6.07, 6.45) is 12.5. The van der Waals surface area contributed by atoms with Gasteiger partial charge in [0.05, 0.1) is 5.41 Å². The number of carbonyl (C=O) groups is 2. The number of para-hydroxylation sites is 2. The van der Waals surface area contributed by atoms with Crippen molar-refractivity contribution < 1.29 is 27.9 Å². The fraction of sp³-hybridized carbons (Fsp3) is 0.667. The highest BCUT2D eigenvalue weighted by Crippen LogP contribution is 2.76. The van der Waals surface area contributed by atoms with Gasteiger partial charge in [-0.3, -0.25) is 9.59 Å². The minimum absolute atomic E-state index is 0.00434. The van der Waals surface area contributed by atoms with Crippen molar-refractivity contribution in [3.05, 3.63) is 72.3 Å². The van der Waals surface area contributed by atoms with Crippen LogP contribution in [0.3, 0.4) is 0 Å². The number of hydrogen-bond acceptors (Lipinski definition) is 6. The normalized spacial score (nSPS) is 37.9. The second kappa shape index (κ2) is 15.0. The molecule has 7 rings (SSSR count). The lowest BCUT2D eigenvalue weighted by molar-refractivity contribution is -0.212. The first-order chi connectivity index (χ1) is 26.4. The third-order valence-electron chi connectivity index (χ3n) is 16.9. The predicted octanol–water partition coefficient (Wildman–Crippen LogP) is 12.2. The average Bonchev–Trinajstić information content (AvgIpc) is 3.15. The molecular weight excluding hydrogens is 718 g/mol. The van der Waals surface area contributed by atoms with Crippen LogP contribution in [0, 0.1) is 56.7 Å². The zero-order valence-electron chi connectivity index (χ0n) is 35.6. The largest absolute Gasteiger partial charge is 0.462 e. The molecule has 0 bridgehead atoms. The summed E-state index contributed by atoms with van der Waals surface area (Å²) in [5.74, 6) is 1.79. The minimum Gasteiger partial charge on any atom is -0.462 e. The molecule has 1 unspecified atom stereocenters. The fourth-order valence-corrected chi connectivity index (χ4v) is 15.5. The van der Waals surface area contributed by atoms with Gasteiger partial charge in [-0.25, -0.2) is 4.57 Å². The van der Waals surface area contributed by atoms with E-state index >= 15 is 9.36 Å². The van der Waals surface area contributed by atoms with Crippen molar-refractivity contribution in [2.75, 3.05) is 0 Å². The maximum absolute atomic E-state index is 15.4. The van der Waals surface area contributed by atoms with E-state index in [0.29, 0.717) is 48.0 Å². The Hall–Kier alpha value is -3.05. The van der Waals surface area contributed by atoms with Crippen LogP contribution in [0.25, 0.3) is 0 Å². The van der Waals surface area contributed by atoms with Gasteiger partial charge in [0.15, 0.2) is 5.78 Å². The Morgan fingerprint density at radius 2 is 1.45 bits per heavy atom. The molecule has 5 aliphatic carbocycles. The first-order valence-corrected chi connectivity index (χ1v) is 23.3. The van der Waals surface area contributed by atoms with E-state index in [1.807, 2.05) is 36.4 Å². The maximum atomic E-state index is 15.4. The number of carbonyl (C=O) groups excluding carboxylic acids is 2. The molecular formula is C48H68NO6P. The first-order valence-electron chi connectivity index (χ1n) is 21.7. The van der Waals surface area contributed by atoms with E-state index in [-0.39, 0.29) is 45.6 Å². The monoisotopic (exact) mass is 785 g/mol. The SMILES string of the molecule is CCCC(NC(=O)[C@]12CC[C@@H](C)[C@H](C)[C@H]1C1=CC[C@@H]3[C@@]4(C)CC[C@H](OC(C)=O)C(C)(C)[C@@H]4CC[C@@]3(C)[C@]1(C)CC2)P(=O)(Oc1ccccc1)Oc1ccccc1. The molecule has 1 amide bonds. The van der Waals surface area contributed by atoms with Gasteiger partial charge in [0.2, 0.25) is 5.91 Å². The molecule has 0 spiro atoms. The van der Waals surface area contributed by atoms with Gasteiger partial charge in [-0.1, -0.05) is 110 Å². The van der Waals surface area contributed by atoms with Crippen molar-refractivity contribution in [1.29, 1.82) is 0 Å². The molecule has 8 heteroatoms. The van der Waals surface area contributed by atoms with Crippen LogP contribution in [0.2, 0.25) is 0 Å². The van der Waals surface area contributed by atoms with Crippen LogP contribution >= 0.6 is 7.60 Å². The van der Waals surface area contributed by atoms with Crippen molar-refractivity contribution in [3.63, 3.8) is 0 Å². The van der Waals surface area contributed by atoms with Crippen LogP contribution in [0.15, 0.2) is 72.3 Å². The lowest BCUT2D eigenvalue weighted by Crippen LogP contribution is -2.66. The number of ether oxygens (including phenoxy) is 1. The van der Waals surface area contributed by atoms with Crippen molar-refractivity contribution in [2.24, 2.45) is 56.7 Å². The Morgan fingerprint density at radius 3 is 2.04 bits per heavy atom. The predicted molar refractivity (Wildman–Crippen MR) is 223 cm³/mol. The Kier molecular flexibility index (Phi) is 11.0. The molecule has 0 saturated heterocycles. The average molecular weight is 786 g/mol. The smallest absolute Gasteiger partial charge is 0.452 e. The van der Waals surface area contributed by atoms with Crippen LogP contribution in [-0.4, -0.2) is 23.8 Å². The number of esters is 1. The lowest BCUT2D eigenvalue weighted by atomic mass is 9.33. The summed E-state index contributed by atoms with van der Waals surface area (Å²) >= 11 is 0. The molecule has 56 heavy (non-hydrogen) atoms. The first kappa shape index (κ1) is 41.1. The molecule has 2 aromatic carbocycles. The third-order valence-corrected chi connectivity index (χ3v) is 19.0. The second-order valence-corrected chi connectivity index (χ2v) is 22.0. The zero-order chi connectivity index (χ0) is 40.3. The summed E-state index contributed by atoms with van der Waals surface area (Å²) in [5, 5.41) is 3.42. The number of rotatable bonds is 10. The van der Waals surface area contributed by atoms with Gasteiger partial charge in [-0.05, 0) is 134 Å². The molecule has 2 aromatic rings. The molecule has 11 atom stereocenters. The highest BCUT2D eigenvalue weighted by atomic mass is 31.2. The Labute approximate surface area is 337 Å². The van der Waals surface area contributed by atoms with Crippen LogP contribution in [-0.2, 0) is 18.9 Å². The molecule has 0 radical (unpaired) electrons. The summed E-state index contributed by atoms with van der Waals surface area (Å²) in [5.41, 5.74) is 0.946. The minimum atomic E-state index is -3.96. The standard InChI is InChI=1S/C48H68NO6P/c1-10-17-41(56(52,54-35-18-13-11-14-19-35)55-36-20-15-12-16-21-36)49-43(51)48-29-24-32(2)33(3)42(48)37-22-23-39-45(7)27-26-40(53-34(4)50)44(5,6)38(45)25-28-47(39,9)46(37,8)30-31-48/h11-16,18-22,32-33,38-42H,10,17,23-31H2,1-9H3,(H,49,51)/t32-,33+,38+,39-,40+,41?,42+,45+,46-,47-,48+/m1/s1. The van der Waals surface area contributed by atoms with Crippen molar-refractivity contribution >= 4 is 19.5 Å². The van der Waals surface area contributed by atoms with Gasteiger partial charge in [-0.15, -0.1) is 0 Å². The van der Waals surface area contributed by atoms with Crippen LogP contribution in [0.4, 0.5) is 0 Å². The van der Waals surface area contributed by atoms with E-state index in [1.165, 1.54) is 5.57 Å². The fourth-order valence-electron chi connectivity index (χ4n) is 13.5. The molecule has 4 fully saturated rings. The summed E-state index contributed by atoms with van der Waals surface area (Å²) in [4.78, 5) is 27.6. The highest BCUT2D eigenvalue weighted by molar-refractivity contribution is 7.55. The molecule has 1 N–H and O–H groups in total. The number of nitrogens with one attached hydrogen (secondary N) is 1. The van der Waals surface area contributed by atoms with E-state index in [1.54, 1.807) is 31.2 Å². The van der Waals surface area contributed by atoms with E-state index in [2.05, 4.69) is 66.8 Å². The number of fused-ring (bicyclic) bond motifs is 7. The molecule has 0 aromatic heterocycles. The Balaban J connectivity index is 1.24. The summed E-state index contributed by atoms with van der Waals surface area (Å²) in [6, 6.07) is 18.4. The summed E-state index contributed by atoms with van der Waals surface area (Å²) < 4.78 is 33.8. The lowest BCUT2D eigenvalue weighted by Gasteiger charge is -2.71. The zero-order valence-corrected chi connectivity index (χ0v) is 36.5. The number of allylic oxidation sites excluding steroid dienone is 2.